The van der Waals surface area contributed by atoms with Crippen molar-refractivity contribution >= 4 is 21.9 Å². The number of para-hydroxylation sites is 2. The van der Waals surface area contributed by atoms with Gasteiger partial charge in [0.15, 0.2) is 18.1 Å². The molecule has 0 atom stereocenters. The van der Waals surface area contributed by atoms with Crippen LogP contribution in [-0.4, -0.2) is 19.7 Å². The summed E-state index contributed by atoms with van der Waals surface area (Å²) in [4.78, 5) is 11.7. The second-order valence-corrected chi connectivity index (χ2v) is 4.78. The number of rotatable bonds is 5. The highest BCUT2D eigenvalue weighted by Gasteiger charge is 2.10. The Balaban J connectivity index is 1.91. The maximum atomic E-state index is 11.7. The smallest absolute Gasteiger partial charge is 0.349 e. The summed E-state index contributed by atoms with van der Waals surface area (Å²) in [5.41, 5.74) is 0. The number of ether oxygens (including phenoxy) is 3. The van der Waals surface area contributed by atoms with Crippen LogP contribution in [0.2, 0.25) is 0 Å². The Morgan fingerprint density at radius 1 is 1.05 bits per heavy atom. The lowest BCUT2D eigenvalue weighted by Gasteiger charge is -2.09. The summed E-state index contributed by atoms with van der Waals surface area (Å²) >= 11 is 3.32. The summed E-state index contributed by atoms with van der Waals surface area (Å²) in [7, 11) is 1.52. The van der Waals surface area contributed by atoms with E-state index in [1.165, 1.54) is 7.11 Å². The van der Waals surface area contributed by atoms with Crippen LogP contribution in [0.25, 0.3) is 0 Å². The van der Waals surface area contributed by atoms with Crippen LogP contribution in [0.15, 0.2) is 53.0 Å². The van der Waals surface area contributed by atoms with E-state index in [-0.39, 0.29) is 6.61 Å². The Hall–Kier alpha value is -2.01. The topological polar surface area (TPSA) is 44.8 Å². The van der Waals surface area contributed by atoms with Gasteiger partial charge in [-0.3, -0.25) is 0 Å². The van der Waals surface area contributed by atoms with Gasteiger partial charge in [0, 0.05) is 4.47 Å². The molecule has 0 amide bonds. The summed E-state index contributed by atoms with van der Waals surface area (Å²) in [5, 5.41) is 0. The minimum Gasteiger partial charge on any atom is -0.493 e. The Kier molecular flexibility index (Phi) is 5.01. The molecule has 0 aromatic heterocycles. The van der Waals surface area contributed by atoms with Gasteiger partial charge >= 0.3 is 5.97 Å². The van der Waals surface area contributed by atoms with Gasteiger partial charge in [0.05, 0.1) is 7.11 Å². The van der Waals surface area contributed by atoms with Gasteiger partial charge < -0.3 is 14.2 Å². The third-order valence-electron chi connectivity index (χ3n) is 2.46. The largest absolute Gasteiger partial charge is 0.493 e. The SMILES string of the molecule is COc1ccccc1OC(=O)COc1ccc(Br)cc1. The molecule has 0 N–H and O–H groups in total. The van der Waals surface area contributed by atoms with E-state index < -0.39 is 5.97 Å². The van der Waals surface area contributed by atoms with Crippen molar-refractivity contribution in [1.29, 1.82) is 0 Å². The molecule has 0 aliphatic rings. The lowest BCUT2D eigenvalue weighted by atomic mass is 10.3. The Morgan fingerprint density at radius 2 is 1.70 bits per heavy atom. The predicted octanol–water partition coefficient (Wildman–Crippen LogP) is 3.44. The molecule has 0 aliphatic carbocycles. The Labute approximate surface area is 125 Å². The molecule has 5 heteroatoms. The number of esters is 1. The van der Waals surface area contributed by atoms with E-state index in [1.807, 2.05) is 12.1 Å². The normalized spacial score (nSPS) is 9.90. The van der Waals surface area contributed by atoms with Crippen LogP contribution in [0.3, 0.4) is 0 Å². The molecule has 0 radical (unpaired) electrons. The van der Waals surface area contributed by atoms with Crippen molar-refractivity contribution in [2.75, 3.05) is 13.7 Å². The maximum absolute atomic E-state index is 11.7. The lowest BCUT2D eigenvalue weighted by molar-refractivity contribution is -0.136. The average molecular weight is 337 g/mol. The first kappa shape index (κ1) is 14.4. The van der Waals surface area contributed by atoms with Gasteiger partial charge in [-0.15, -0.1) is 0 Å². The van der Waals surface area contributed by atoms with E-state index in [0.29, 0.717) is 17.2 Å². The number of carbonyl (C=O) groups is 1. The summed E-state index contributed by atoms with van der Waals surface area (Å²) in [5.74, 6) is 0.992. The van der Waals surface area contributed by atoms with Gasteiger partial charge in [0.25, 0.3) is 0 Å². The van der Waals surface area contributed by atoms with Crippen LogP contribution in [-0.2, 0) is 4.79 Å². The highest BCUT2D eigenvalue weighted by atomic mass is 79.9. The van der Waals surface area contributed by atoms with E-state index in [1.54, 1.807) is 36.4 Å². The molecule has 0 unspecified atom stereocenters. The van der Waals surface area contributed by atoms with E-state index in [9.17, 15) is 4.79 Å². The zero-order valence-corrected chi connectivity index (χ0v) is 12.4. The third kappa shape index (κ3) is 3.99. The quantitative estimate of drug-likeness (QED) is 0.619. The first-order valence-electron chi connectivity index (χ1n) is 5.91. The predicted molar refractivity (Wildman–Crippen MR) is 78.3 cm³/mol. The number of hydrogen-bond acceptors (Lipinski definition) is 4. The van der Waals surface area contributed by atoms with Crippen molar-refractivity contribution in [2.24, 2.45) is 0 Å². The lowest BCUT2D eigenvalue weighted by Crippen LogP contribution is -2.18. The number of carbonyl (C=O) groups excluding carboxylic acids is 1. The molecule has 0 bridgehead atoms. The molecule has 0 fully saturated rings. The van der Waals surface area contributed by atoms with E-state index in [0.717, 1.165) is 4.47 Å². The van der Waals surface area contributed by atoms with Crippen LogP contribution in [0, 0.1) is 0 Å². The number of methoxy groups -OCH3 is 1. The van der Waals surface area contributed by atoms with E-state index >= 15 is 0 Å². The number of halogens is 1. The fourth-order valence-corrected chi connectivity index (χ4v) is 1.79. The zero-order valence-electron chi connectivity index (χ0n) is 10.8. The maximum Gasteiger partial charge on any atom is 0.349 e. The second-order valence-electron chi connectivity index (χ2n) is 3.87. The first-order valence-corrected chi connectivity index (χ1v) is 6.70. The molecule has 0 aliphatic heterocycles. The first-order chi connectivity index (χ1) is 9.69. The summed E-state index contributed by atoms with van der Waals surface area (Å²) in [6, 6.07) is 14.1. The minimum absolute atomic E-state index is 0.167. The zero-order chi connectivity index (χ0) is 14.4. The fraction of sp³-hybridized carbons (Fsp3) is 0.133. The van der Waals surface area contributed by atoms with Crippen molar-refractivity contribution in [3.05, 3.63) is 53.0 Å². The van der Waals surface area contributed by atoms with Gasteiger partial charge in [0.1, 0.15) is 5.75 Å². The van der Waals surface area contributed by atoms with Gasteiger partial charge in [-0.1, -0.05) is 28.1 Å². The molecule has 2 rings (SSSR count). The van der Waals surface area contributed by atoms with Crippen molar-refractivity contribution < 1.29 is 19.0 Å². The molecule has 0 saturated carbocycles. The molecule has 0 spiro atoms. The van der Waals surface area contributed by atoms with Gasteiger partial charge in [0.2, 0.25) is 0 Å². The highest BCUT2D eigenvalue weighted by molar-refractivity contribution is 9.10. The fourth-order valence-electron chi connectivity index (χ4n) is 1.53. The van der Waals surface area contributed by atoms with Crippen LogP contribution in [0.1, 0.15) is 0 Å². The Morgan fingerprint density at radius 3 is 2.35 bits per heavy atom. The number of benzene rings is 2. The van der Waals surface area contributed by atoms with Crippen molar-refractivity contribution in [3.8, 4) is 17.2 Å². The van der Waals surface area contributed by atoms with Gasteiger partial charge in [-0.25, -0.2) is 4.79 Å². The third-order valence-corrected chi connectivity index (χ3v) is 2.99. The van der Waals surface area contributed by atoms with E-state index in [4.69, 9.17) is 14.2 Å². The highest BCUT2D eigenvalue weighted by Crippen LogP contribution is 2.25. The van der Waals surface area contributed by atoms with Crippen LogP contribution < -0.4 is 14.2 Å². The number of hydrogen-bond donors (Lipinski definition) is 0. The van der Waals surface area contributed by atoms with Crippen molar-refractivity contribution in [2.45, 2.75) is 0 Å². The summed E-state index contributed by atoms with van der Waals surface area (Å²) < 4.78 is 16.6. The molecular weight excluding hydrogens is 324 g/mol. The van der Waals surface area contributed by atoms with Crippen LogP contribution in [0.4, 0.5) is 0 Å². The molecule has 0 heterocycles. The van der Waals surface area contributed by atoms with Crippen LogP contribution in [0.5, 0.6) is 17.2 Å². The summed E-state index contributed by atoms with van der Waals surface area (Å²) in [6.45, 7) is -0.167. The van der Waals surface area contributed by atoms with Crippen LogP contribution >= 0.6 is 15.9 Å². The van der Waals surface area contributed by atoms with Gasteiger partial charge in [-0.2, -0.15) is 0 Å². The minimum atomic E-state index is -0.489. The monoisotopic (exact) mass is 336 g/mol. The average Bonchev–Trinajstić information content (AvgIpc) is 2.47. The molecule has 104 valence electrons. The molecule has 2 aromatic carbocycles. The van der Waals surface area contributed by atoms with Crippen molar-refractivity contribution in [1.82, 2.24) is 0 Å². The standard InChI is InChI=1S/C15H13BrO4/c1-18-13-4-2-3-5-14(13)20-15(17)10-19-12-8-6-11(16)7-9-12/h2-9H,10H2,1H3. The second kappa shape index (κ2) is 6.96. The molecular formula is C15H13BrO4. The Bertz CT molecular complexity index is 581. The molecule has 0 saturated heterocycles. The molecule has 2 aromatic rings. The molecule has 4 nitrogen and oxygen atoms in total. The summed E-state index contributed by atoms with van der Waals surface area (Å²) in [6.07, 6.45) is 0. The van der Waals surface area contributed by atoms with E-state index in [2.05, 4.69) is 15.9 Å². The van der Waals surface area contributed by atoms with Crippen molar-refractivity contribution in [3.63, 3.8) is 0 Å². The van der Waals surface area contributed by atoms with Gasteiger partial charge in [-0.05, 0) is 36.4 Å². The molecule has 20 heavy (non-hydrogen) atoms.